The lowest BCUT2D eigenvalue weighted by Crippen LogP contribution is -2.45. The van der Waals surface area contributed by atoms with E-state index in [4.69, 9.17) is 4.52 Å². The van der Waals surface area contributed by atoms with Gasteiger partial charge in [-0.3, -0.25) is 9.59 Å². The Hall–Kier alpha value is -2.84. The van der Waals surface area contributed by atoms with E-state index in [9.17, 15) is 18.4 Å². The molecule has 1 aromatic carbocycles. The fraction of sp³-hybridized carbons (Fsp3) is 0.500. The second kappa shape index (κ2) is 9.11. The zero-order chi connectivity index (χ0) is 20.9. The van der Waals surface area contributed by atoms with Gasteiger partial charge in [0.15, 0.2) is 5.82 Å². The molecule has 3 rings (SSSR count). The lowest BCUT2D eigenvalue weighted by Gasteiger charge is -2.30. The van der Waals surface area contributed by atoms with Crippen LogP contribution in [0.5, 0.6) is 0 Å². The molecule has 29 heavy (non-hydrogen) atoms. The van der Waals surface area contributed by atoms with Crippen molar-refractivity contribution in [3.05, 3.63) is 41.5 Å². The molecule has 0 bridgehead atoms. The number of anilines is 1. The SMILES string of the molecule is CC(=O)NC1(c2noc(CCC(=O)Nc3c(F)cccc3F)n2)CCCCCC1. The number of hydrogen-bond donors (Lipinski definition) is 2. The summed E-state index contributed by atoms with van der Waals surface area (Å²) in [4.78, 5) is 28.2. The molecule has 1 fully saturated rings. The molecule has 9 heteroatoms. The fourth-order valence-electron chi connectivity index (χ4n) is 3.66. The zero-order valence-corrected chi connectivity index (χ0v) is 16.3. The largest absolute Gasteiger partial charge is 0.343 e. The molecular formula is C20H24F2N4O3. The van der Waals surface area contributed by atoms with E-state index < -0.39 is 28.8 Å². The van der Waals surface area contributed by atoms with Crippen molar-refractivity contribution in [1.29, 1.82) is 0 Å². The smallest absolute Gasteiger partial charge is 0.227 e. The highest BCUT2D eigenvalue weighted by Gasteiger charge is 2.38. The first-order valence-electron chi connectivity index (χ1n) is 9.75. The second-order valence-electron chi connectivity index (χ2n) is 7.33. The maximum absolute atomic E-state index is 13.6. The van der Waals surface area contributed by atoms with Crippen molar-refractivity contribution >= 4 is 17.5 Å². The first kappa shape index (κ1) is 20.9. The van der Waals surface area contributed by atoms with E-state index in [1.807, 2.05) is 0 Å². The zero-order valence-electron chi connectivity index (χ0n) is 16.3. The summed E-state index contributed by atoms with van der Waals surface area (Å²) in [5.41, 5.74) is -1.14. The fourth-order valence-corrected chi connectivity index (χ4v) is 3.66. The van der Waals surface area contributed by atoms with Crippen molar-refractivity contribution in [2.75, 3.05) is 5.32 Å². The summed E-state index contributed by atoms with van der Waals surface area (Å²) in [7, 11) is 0. The van der Waals surface area contributed by atoms with Crippen LogP contribution in [0.15, 0.2) is 22.7 Å². The monoisotopic (exact) mass is 406 g/mol. The molecule has 7 nitrogen and oxygen atoms in total. The Balaban J connectivity index is 1.66. The average Bonchev–Trinajstić information content (AvgIpc) is 3.03. The quantitative estimate of drug-likeness (QED) is 0.715. The standard InChI is InChI=1S/C20H24F2N4O3/c1-13(27)25-20(11-4-2-3-5-12-20)19-24-17(29-26-19)10-9-16(28)23-18-14(21)7-6-8-15(18)22/h6-8H,2-5,9-12H2,1H3,(H,23,28)(H,25,27). The summed E-state index contributed by atoms with van der Waals surface area (Å²) in [6, 6.07) is 3.35. The van der Waals surface area contributed by atoms with Gasteiger partial charge in [-0.25, -0.2) is 8.78 Å². The van der Waals surface area contributed by atoms with Gasteiger partial charge in [0, 0.05) is 19.8 Å². The van der Waals surface area contributed by atoms with Crippen molar-refractivity contribution < 1.29 is 22.9 Å². The highest BCUT2D eigenvalue weighted by Crippen LogP contribution is 2.34. The van der Waals surface area contributed by atoms with Gasteiger partial charge in [0.2, 0.25) is 17.7 Å². The number of halogens is 2. The van der Waals surface area contributed by atoms with Crippen molar-refractivity contribution in [3.63, 3.8) is 0 Å². The molecule has 0 atom stereocenters. The maximum Gasteiger partial charge on any atom is 0.227 e. The normalized spacial score (nSPS) is 16.1. The van der Waals surface area contributed by atoms with Gasteiger partial charge >= 0.3 is 0 Å². The third-order valence-electron chi connectivity index (χ3n) is 5.06. The van der Waals surface area contributed by atoms with Crippen LogP contribution in [0.1, 0.15) is 63.6 Å². The van der Waals surface area contributed by atoms with Gasteiger partial charge in [-0.2, -0.15) is 4.98 Å². The Morgan fingerprint density at radius 3 is 2.41 bits per heavy atom. The van der Waals surface area contributed by atoms with E-state index in [1.165, 1.54) is 13.0 Å². The van der Waals surface area contributed by atoms with Crippen molar-refractivity contribution in [1.82, 2.24) is 15.5 Å². The summed E-state index contributed by atoms with van der Waals surface area (Å²) in [6.45, 7) is 1.46. The number of para-hydroxylation sites is 1. The minimum absolute atomic E-state index is 0.0808. The molecule has 0 spiro atoms. The molecule has 1 aliphatic carbocycles. The van der Waals surface area contributed by atoms with Gasteiger partial charge in [-0.15, -0.1) is 0 Å². The third-order valence-corrected chi connectivity index (χ3v) is 5.06. The van der Waals surface area contributed by atoms with Crippen LogP contribution in [-0.4, -0.2) is 22.0 Å². The number of benzene rings is 1. The van der Waals surface area contributed by atoms with Gasteiger partial charge in [0.1, 0.15) is 22.9 Å². The molecule has 156 valence electrons. The number of nitrogens with zero attached hydrogens (tertiary/aromatic N) is 2. The van der Waals surface area contributed by atoms with Gasteiger partial charge in [0.05, 0.1) is 0 Å². The van der Waals surface area contributed by atoms with E-state index in [1.54, 1.807) is 0 Å². The Morgan fingerprint density at radius 1 is 1.14 bits per heavy atom. The minimum atomic E-state index is -0.843. The molecule has 1 aliphatic rings. The summed E-state index contributed by atoms with van der Waals surface area (Å²) < 4.78 is 32.5. The number of aromatic nitrogens is 2. The molecule has 2 amide bonds. The number of carbonyl (C=O) groups excluding carboxylic acids is 2. The van der Waals surface area contributed by atoms with Crippen LogP contribution in [-0.2, 0) is 21.5 Å². The molecule has 0 radical (unpaired) electrons. The molecule has 2 N–H and O–H groups in total. The van der Waals surface area contributed by atoms with Gasteiger partial charge in [-0.1, -0.05) is 36.9 Å². The number of amides is 2. The van der Waals surface area contributed by atoms with Crippen LogP contribution in [0.3, 0.4) is 0 Å². The van der Waals surface area contributed by atoms with Crippen LogP contribution in [0.2, 0.25) is 0 Å². The van der Waals surface area contributed by atoms with E-state index in [2.05, 4.69) is 20.8 Å². The number of rotatable bonds is 6. The molecule has 1 aromatic heterocycles. The van der Waals surface area contributed by atoms with E-state index >= 15 is 0 Å². The highest BCUT2D eigenvalue weighted by molar-refractivity contribution is 5.91. The molecule has 0 unspecified atom stereocenters. The van der Waals surface area contributed by atoms with E-state index in [0.717, 1.165) is 50.7 Å². The predicted molar refractivity (Wildman–Crippen MR) is 101 cm³/mol. The number of nitrogens with one attached hydrogen (secondary N) is 2. The molecule has 1 saturated carbocycles. The lowest BCUT2D eigenvalue weighted by molar-refractivity contribution is -0.121. The molecular weight excluding hydrogens is 382 g/mol. The highest BCUT2D eigenvalue weighted by atomic mass is 19.1. The molecule has 2 aromatic rings. The van der Waals surface area contributed by atoms with Gasteiger partial charge in [-0.05, 0) is 25.0 Å². The van der Waals surface area contributed by atoms with Crippen molar-refractivity contribution in [2.24, 2.45) is 0 Å². The molecule has 0 aliphatic heterocycles. The molecule has 0 saturated heterocycles. The number of hydrogen-bond acceptors (Lipinski definition) is 5. The lowest BCUT2D eigenvalue weighted by atomic mass is 9.89. The van der Waals surface area contributed by atoms with Gasteiger partial charge < -0.3 is 15.2 Å². The number of aryl methyl sites for hydroxylation is 1. The second-order valence-corrected chi connectivity index (χ2v) is 7.33. The van der Waals surface area contributed by atoms with Crippen LogP contribution < -0.4 is 10.6 Å². The van der Waals surface area contributed by atoms with Gasteiger partial charge in [0.25, 0.3) is 0 Å². The minimum Gasteiger partial charge on any atom is -0.343 e. The van der Waals surface area contributed by atoms with Crippen molar-refractivity contribution in [2.45, 2.75) is 63.8 Å². The summed E-state index contributed by atoms with van der Waals surface area (Å²) >= 11 is 0. The Morgan fingerprint density at radius 2 is 1.79 bits per heavy atom. The molecule has 1 heterocycles. The average molecular weight is 406 g/mol. The van der Waals surface area contributed by atoms with Crippen LogP contribution in [0.25, 0.3) is 0 Å². The van der Waals surface area contributed by atoms with Crippen LogP contribution in [0.4, 0.5) is 14.5 Å². The Kier molecular flexibility index (Phi) is 6.56. The van der Waals surface area contributed by atoms with Crippen LogP contribution in [0, 0.1) is 11.6 Å². The summed E-state index contributed by atoms with van der Waals surface area (Å²) in [6.07, 6.45) is 5.53. The summed E-state index contributed by atoms with van der Waals surface area (Å²) in [5, 5.41) is 9.26. The first-order valence-corrected chi connectivity index (χ1v) is 9.75. The summed E-state index contributed by atoms with van der Waals surface area (Å²) in [5.74, 6) is -1.78. The maximum atomic E-state index is 13.6. The third kappa shape index (κ3) is 5.16. The Labute approximate surface area is 167 Å². The first-order chi connectivity index (χ1) is 13.9. The topological polar surface area (TPSA) is 97.1 Å². The predicted octanol–water partition coefficient (Wildman–Crippen LogP) is 3.60. The van der Waals surface area contributed by atoms with Crippen molar-refractivity contribution in [3.8, 4) is 0 Å². The van der Waals surface area contributed by atoms with E-state index in [-0.39, 0.29) is 24.6 Å². The Bertz CT molecular complexity index is 856. The number of carbonyl (C=O) groups is 2. The van der Waals surface area contributed by atoms with E-state index in [0.29, 0.717) is 5.82 Å². The van der Waals surface area contributed by atoms with Crippen LogP contribution >= 0.6 is 0 Å².